The van der Waals surface area contributed by atoms with Gasteiger partial charge < -0.3 is 5.11 Å². The van der Waals surface area contributed by atoms with Gasteiger partial charge in [-0.1, -0.05) is 29.8 Å². The summed E-state index contributed by atoms with van der Waals surface area (Å²) >= 11 is 5.71. The predicted molar refractivity (Wildman–Crippen MR) is 61.6 cm³/mol. The summed E-state index contributed by atoms with van der Waals surface area (Å²) in [7, 11) is 0. The zero-order chi connectivity index (χ0) is 12.1. The Labute approximate surface area is 98.4 Å². The second-order valence-corrected chi connectivity index (χ2v) is 3.73. The van der Waals surface area contributed by atoms with Crippen molar-refractivity contribution >= 4 is 23.4 Å². The van der Waals surface area contributed by atoms with Gasteiger partial charge in [-0.3, -0.25) is 4.79 Å². The molecule has 1 unspecified atom stereocenters. The molecule has 0 fully saturated rings. The first kappa shape index (κ1) is 12.5. The monoisotopic (exact) mass is 238 g/mol. The van der Waals surface area contributed by atoms with Gasteiger partial charge in [-0.25, -0.2) is 4.79 Å². The van der Waals surface area contributed by atoms with Crippen LogP contribution in [0.5, 0.6) is 0 Å². The van der Waals surface area contributed by atoms with E-state index in [1.807, 2.05) is 0 Å². The molecule has 0 saturated carbocycles. The van der Waals surface area contributed by atoms with Crippen LogP contribution in [0, 0.1) is 0 Å². The number of carboxylic acids is 1. The minimum atomic E-state index is -1.43. The van der Waals surface area contributed by atoms with Crippen molar-refractivity contribution < 1.29 is 14.7 Å². The van der Waals surface area contributed by atoms with Crippen molar-refractivity contribution in [3.63, 3.8) is 0 Å². The molecule has 0 aliphatic rings. The van der Waals surface area contributed by atoms with Crippen molar-refractivity contribution in [3.8, 4) is 0 Å². The lowest BCUT2D eigenvalue weighted by molar-refractivity contribution is -0.149. The average molecular weight is 239 g/mol. The molecule has 0 amide bonds. The molecule has 1 atom stereocenters. The van der Waals surface area contributed by atoms with E-state index < -0.39 is 17.7 Å². The number of rotatable bonds is 5. The van der Waals surface area contributed by atoms with Gasteiger partial charge in [-0.15, -0.1) is 6.58 Å². The zero-order valence-electron chi connectivity index (χ0n) is 8.52. The molecule has 84 valence electrons. The molecular formula is C12H11ClO3. The molecule has 1 aromatic carbocycles. The second-order valence-electron chi connectivity index (χ2n) is 3.30. The van der Waals surface area contributed by atoms with E-state index in [1.165, 1.54) is 6.08 Å². The van der Waals surface area contributed by atoms with Crippen molar-refractivity contribution in [3.05, 3.63) is 47.5 Å². The molecular weight excluding hydrogens is 228 g/mol. The predicted octanol–water partition coefficient (Wildman–Crippen LogP) is 2.65. The number of carboxylic acid groups (broad SMARTS) is 1. The van der Waals surface area contributed by atoms with E-state index in [1.54, 1.807) is 24.3 Å². The van der Waals surface area contributed by atoms with Crippen molar-refractivity contribution in [2.75, 3.05) is 0 Å². The average Bonchev–Trinajstić information content (AvgIpc) is 2.26. The third-order valence-corrected chi connectivity index (χ3v) is 2.45. The minimum Gasteiger partial charge on any atom is -0.475 e. The Balaban J connectivity index is 3.02. The molecule has 0 aliphatic heterocycles. The van der Waals surface area contributed by atoms with Crippen molar-refractivity contribution in [2.24, 2.45) is 0 Å². The van der Waals surface area contributed by atoms with Crippen molar-refractivity contribution in [1.29, 1.82) is 0 Å². The van der Waals surface area contributed by atoms with E-state index in [2.05, 4.69) is 6.58 Å². The third kappa shape index (κ3) is 2.94. The molecule has 1 aromatic rings. The maximum absolute atomic E-state index is 11.4. The minimum absolute atomic E-state index is 0.298. The van der Waals surface area contributed by atoms with Crippen LogP contribution in [0.4, 0.5) is 0 Å². The fourth-order valence-corrected chi connectivity index (χ4v) is 1.53. The molecule has 0 aromatic heterocycles. The van der Waals surface area contributed by atoms with E-state index in [9.17, 15) is 9.59 Å². The Morgan fingerprint density at radius 1 is 1.38 bits per heavy atom. The molecule has 4 heteroatoms. The van der Waals surface area contributed by atoms with Gasteiger partial charge in [0.1, 0.15) is 0 Å². The summed E-state index contributed by atoms with van der Waals surface area (Å²) in [6, 6.07) is 6.55. The first-order chi connectivity index (χ1) is 7.56. The van der Waals surface area contributed by atoms with Crippen LogP contribution in [-0.2, 0) is 9.59 Å². The van der Waals surface area contributed by atoms with E-state index in [0.29, 0.717) is 17.0 Å². The normalized spacial score (nSPS) is 11.8. The van der Waals surface area contributed by atoms with Crippen LogP contribution < -0.4 is 0 Å². The van der Waals surface area contributed by atoms with Gasteiger partial charge in [0.25, 0.3) is 0 Å². The number of ketones is 1. The number of aliphatic carboxylic acids is 1. The second kappa shape index (κ2) is 5.47. The van der Waals surface area contributed by atoms with E-state index >= 15 is 0 Å². The molecule has 0 aliphatic carbocycles. The highest BCUT2D eigenvalue weighted by atomic mass is 35.5. The summed E-state index contributed by atoms with van der Waals surface area (Å²) in [5, 5.41) is 9.23. The molecule has 1 N–H and O–H groups in total. The number of hydrogen-bond acceptors (Lipinski definition) is 2. The van der Waals surface area contributed by atoms with Gasteiger partial charge in [0.05, 0.1) is 5.92 Å². The number of hydrogen-bond donors (Lipinski definition) is 1. The number of allylic oxidation sites excluding steroid dienone is 1. The van der Waals surface area contributed by atoms with Gasteiger partial charge in [-0.05, 0) is 24.1 Å². The summed E-state index contributed by atoms with van der Waals surface area (Å²) in [6.07, 6.45) is 1.83. The van der Waals surface area contributed by atoms with Gasteiger partial charge in [0, 0.05) is 5.02 Å². The van der Waals surface area contributed by atoms with Crippen LogP contribution >= 0.6 is 11.6 Å². The summed E-state index contributed by atoms with van der Waals surface area (Å²) in [5.41, 5.74) is 0.636. The molecule has 0 saturated heterocycles. The third-order valence-electron chi connectivity index (χ3n) is 2.20. The maximum Gasteiger partial charge on any atom is 0.372 e. The highest BCUT2D eigenvalue weighted by Crippen LogP contribution is 2.23. The van der Waals surface area contributed by atoms with Crippen molar-refractivity contribution in [1.82, 2.24) is 0 Å². The van der Waals surface area contributed by atoms with E-state index in [0.717, 1.165) is 0 Å². The SMILES string of the molecule is C=CCC(C(=O)C(=O)O)c1ccc(Cl)cc1. The highest BCUT2D eigenvalue weighted by molar-refractivity contribution is 6.35. The largest absolute Gasteiger partial charge is 0.475 e. The van der Waals surface area contributed by atoms with Crippen LogP contribution in [0.1, 0.15) is 17.9 Å². The molecule has 0 heterocycles. The maximum atomic E-state index is 11.4. The number of Topliss-reactive ketones (excluding diaryl/α,β-unsaturated/α-hetero) is 1. The Morgan fingerprint density at radius 2 is 1.94 bits per heavy atom. The quantitative estimate of drug-likeness (QED) is 0.634. The first-order valence-electron chi connectivity index (χ1n) is 4.69. The Morgan fingerprint density at radius 3 is 2.38 bits per heavy atom. The van der Waals surface area contributed by atoms with Gasteiger partial charge in [0.2, 0.25) is 5.78 Å². The Kier molecular flexibility index (Phi) is 4.26. The van der Waals surface area contributed by atoms with E-state index in [-0.39, 0.29) is 0 Å². The number of carbonyl (C=O) groups is 2. The lowest BCUT2D eigenvalue weighted by Gasteiger charge is -2.11. The molecule has 3 nitrogen and oxygen atoms in total. The van der Waals surface area contributed by atoms with Crippen molar-refractivity contribution in [2.45, 2.75) is 12.3 Å². The summed E-state index contributed by atoms with van der Waals surface area (Å²) < 4.78 is 0. The summed E-state index contributed by atoms with van der Waals surface area (Å²) in [6.45, 7) is 3.51. The molecule has 16 heavy (non-hydrogen) atoms. The van der Waals surface area contributed by atoms with Crippen LogP contribution in [0.2, 0.25) is 5.02 Å². The standard InChI is InChI=1S/C12H11ClO3/c1-2-3-10(11(14)12(15)16)8-4-6-9(13)7-5-8/h2,4-7,10H,1,3H2,(H,15,16). The van der Waals surface area contributed by atoms with Gasteiger partial charge in [0.15, 0.2) is 0 Å². The van der Waals surface area contributed by atoms with Crippen LogP contribution in [-0.4, -0.2) is 16.9 Å². The van der Waals surface area contributed by atoms with Crippen LogP contribution in [0.3, 0.4) is 0 Å². The fourth-order valence-electron chi connectivity index (χ4n) is 1.41. The molecule has 1 rings (SSSR count). The van der Waals surface area contributed by atoms with E-state index in [4.69, 9.17) is 16.7 Å². The van der Waals surface area contributed by atoms with Crippen LogP contribution in [0.15, 0.2) is 36.9 Å². The summed E-state index contributed by atoms with van der Waals surface area (Å²) in [4.78, 5) is 22.1. The molecule has 0 spiro atoms. The smallest absolute Gasteiger partial charge is 0.372 e. The summed E-state index contributed by atoms with van der Waals surface area (Å²) in [5.74, 6) is -2.95. The van der Waals surface area contributed by atoms with Gasteiger partial charge >= 0.3 is 5.97 Å². The number of halogens is 1. The fraction of sp³-hybridized carbons (Fsp3) is 0.167. The topological polar surface area (TPSA) is 54.4 Å². The lowest BCUT2D eigenvalue weighted by Crippen LogP contribution is -2.21. The Bertz CT molecular complexity index is 409. The Hall–Kier alpha value is -1.61. The number of carbonyl (C=O) groups excluding carboxylic acids is 1. The first-order valence-corrected chi connectivity index (χ1v) is 5.07. The highest BCUT2D eigenvalue weighted by Gasteiger charge is 2.25. The number of benzene rings is 1. The molecule has 0 bridgehead atoms. The van der Waals surface area contributed by atoms with Crippen LogP contribution in [0.25, 0.3) is 0 Å². The zero-order valence-corrected chi connectivity index (χ0v) is 9.28. The lowest BCUT2D eigenvalue weighted by atomic mass is 9.91. The van der Waals surface area contributed by atoms with Gasteiger partial charge in [-0.2, -0.15) is 0 Å². The molecule has 0 radical (unpaired) electrons.